The molecule has 0 unspecified atom stereocenters. The largest absolute Gasteiger partial charge is 0.381 e. The van der Waals surface area contributed by atoms with Gasteiger partial charge < -0.3 is 29.7 Å². The Hall–Kier alpha value is -4.63. The van der Waals surface area contributed by atoms with E-state index in [1.54, 1.807) is 36.7 Å². The highest BCUT2D eigenvalue weighted by Crippen LogP contribution is 2.42. The van der Waals surface area contributed by atoms with Crippen molar-refractivity contribution in [2.24, 2.45) is 5.73 Å². The van der Waals surface area contributed by atoms with Crippen LogP contribution in [0.5, 0.6) is 0 Å². The van der Waals surface area contributed by atoms with Crippen molar-refractivity contribution in [2.75, 3.05) is 31.7 Å². The molecule has 15 heteroatoms. The molecule has 10 rings (SSSR count). The maximum atomic E-state index is 13.8. The Balaban J connectivity index is 0.000000131. The van der Waals surface area contributed by atoms with Crippen LogP contribution in [-0.2, 0) is 9.47 Å². The predicted octanol–water partition coefficient (Wildman–Crippen LogP) is 7.30. The van der Waals surface area contributed by atoms with Gasteiger partial charge in [0.25, 0.3) is 0 Å². The van der Waals surface area contributed by atoms with Gasteiger partial charge >= 0.3 is 0 Å². The van der Waals surface area contributed by atoms with Crippen LogP contribution in [0.4, 0.5) is 14.6 Å². The van der Waals surface area contributed by atoms with Gasteiger partial charge in [-0.2, -0.15) is 10.2 Å². The number of rotatable bonds is 6. The number of hydrogen-bond acceptors (Lipinski definition) is 10. The van der Waals surface area contributed by atoms with Gasteiger partial charge in [-0.15, -0.1) is 10.2 Å². The molecule has 276 valence electrons. The predicted molar refractivity (Wildman–Crippen MR) is 198 cm³/mol. The molecule has 4 aliphatic rings. The van der Waals surface area contributed by atoms with Gasteiger partial charge in [-0.3, -0.25) is 0 Å². The molecule has 4 aromatic heterocycles. The maximum absolute atomic E-state index is 13.8. The Morgan fingerprint density at radius 1 is 0.660 bits per heavy atom. The SMILES string of the molecule is Fc1ccc2nc(-c3cnnc(Cl)c3)n(C3CC3)c2c1.Fc1ccc2nc(-c3cnnc(NC4CCOCC4)c3)n(C3CC3)c2c1.NC1CCOCC1. The van der Waals surface area contributed by atoms with Gasteiger partial charge in [-0.05, 0) is 99.9 Å². The molecule has 6 aromatic rings. The lowest BCUT2D eigenvalue weighted by Gasteiger charge is -2.23. The zero-order valence-electron chi connectivity index (χ0n) is 29.2. The monoisotopic (exact) mass is 742 g/mol. The van der Waals surface area contributed by atoms with Crippen molar-refractivity contribution in [3.8, 4) is 22.8 Å². The number of anilines is 1. The highest BCUT2D eigenvalue weighted by molar-refractivity contribution is 6.29. The third kappa shape index (κ3) is 8.46. The van der Waals surface area contributed by atoms with Crippen LogP contribution >= 0.6 is 11.6 Å². The number of aromatic nitrogens is 8. The molecule has 0 amide bonds. The van der Waals surface area contributed by atoms with Crippen LogP contribution in [-0.4, -0.2) is 78.0 Å². The number of nitrogens with one attached hydrogen (secondary N) is 1. The maximum Gasteiger partial charge on any atom is 0.152 e. The molecule has 0 bridgehead atoms. The fourth-order valence-electron chi connectivity index (χ4n) is 6.73. The van der Waals surface area contributed by atoms with E-state index in [9.17, 15) is 8.78 Å². The van der Waals surface area contributed by atoms with Gasteiger partial charge in [0.05, 0.1) is 34.5 Å². The molecule has 0 radical (unpaired) electrons. The Labute approximate surface area is 310 Å². The summed E-state index contributed by atoms with van der Waals surface area (Å²) in [4.78, 5) is 9.35. The smallest absolute Gasteiger partial charge is 0.152 e. The minimum Gasteiger partial charge on any atom is -0.381 e. The minimum absolute atomic E-state index is 0.236. The molecule has 4 fully saturated rings. The lowest BCUT2D eigenvalue weighted by atomic mass is 10.1. The number of fused-ring (bicyclic) bond motifs is 2. The number of nitrogens with zero attached hydrogens (tertiary/aromatic N) is 8. The van der Waals surface area contributed by atoms with E-state index in [2.05, 4.69) is 39.8 Å². The minimum atomic E-state index is -0.253. The van der Waals surface area contributed by atoms with Crippen molar-refractivity contribution in [1.82, 2.24) is 39.5 Å². The van der Waals surface area contributed by atoms with Crippen LogP contribution in [0.25, 0.3) is 44.8 Å². The number of nitrogens with two attached hydrogens (primary N) is 1. The summed E-state index contributed by atoms with van der Waals surface area (Å²) >= 11 is 5.90. The second-order valence-corrected chi connectivity index (χ2v) is 14.3. The standard InChI is InChI=1S/C19H20FN5O.C14H10ClFN4.C5H11NO/c20-13-1-4-16-17(10-13)25(15-2-3-15)19(23-16)12-9-18(24-21-11-12)22-14-5-7-26-8-6-14;15-13-5-8(7-17-19-13)14-18-11-4-1-9(16)6-12(11)20(14)10-2-3-10;6-5-1-3-7-4-2-5/h1,4,9-11,14-15H,2-3,5-8H2,(H,22,24);1,4-7,10H,2-3H2;5H,1-4,6H2. The normalized spacial score (nSPS) is 18.0. The summed E-state index contributed by atoms with van der Waals surface area (Å²) < 4.78 is 41.9. The highest BCUT2D eigenvalue weighted by Gasteiger charge is 2.30. The molecule has 2 aromatic carbocycles. The van der Waals surface area contributed by atoms with E-state index < -0.39 is 0 Å². The first-order valence-corrected chi connectivity index (χ1v) is 18.6. The van der Waals surface area contributed by atoms with Crippen LogP contribution in [0, 0.1) is 11.6 Å². The summed E-state index contributed by atoms with van der Waals surface area (Å²) in [5.74, 6) is 1.86. The highest BCUT2D eigenvalue weighted by atomic mass is 35.5. The third-order valence-corrected chi connectivity index (χ3v) is 9.95. The third-order valence-electron chi connectivity index (χ3n) is 9.76. The van der Waals surface area contributed by atoms with E-state index in [1.807, 2.05) is 6.07 Å². The van der Waals surface area contributed by atoms with Crippen molar-refractivity contribution in [2.45, 2.75) is 75.5 Å². The van der Waals surface area contributed by atoms with Crippen molar-refractivity contribution in [3.05, 3.63) is 77.7 Å². The lowest BCUT2D eigenvalue weighted by Crippen LogP contribution is -2.28. The van der Waals surface area contributed by atoms with E-state index in [0.29, 0.717) is 29.3 Å². The molecule has 3 N–H and O–H groups in total. The molecule has 12 nitrogen and oxygen atoms in total. The second-order valence-electron chi connectivity index (χ2n) is 13.9. The Bertz CT molecular complexity index is 2190. The molecule has 0 atom stereocenters. The number of imidazole rings is 2. The summed E-state index contributed by atoms with van der Waals surface area (Å²) in [7, 11) is 0. The van der Waals surface area contributed by atoms with Gasteiger partial charge in [0.1, 0.15) is 29.1 Å². The van der Waals surface area contributed by atoms with Gasteiger partial charge in [-0.1, -0.05) is 11.6 Å². The fraction of sp³-hybridized carbons (Fsp3) is 0.421. The summed E-state index contributed by atoms with van der Waals surface area (Å²) in [5.41, 5.74) is 10.5. The van der Waals surface area contributed by atoms with E-state index in [1.165, 1.54) is 18.2 Å². The van der Waals surface area contributed by atoms with E-state index in [4.69, 9.17) is 31.8 Å². The van der Waals surface area contributed by atoms with Crippen LogP contribution in [0.1, 0.15) is 63.5 Å². The Kier molecular flexibility index (Phi) is 10.5. The van der Waals surface area contributed by atoms with Gasteiger partial charge in [0.15, 0.2) is 5.15 Å². The van der Waals surface area contributed by atoms with Crippen molar-refractivity contribution in [1.29, 1.82) is 0 Å². The van der Waals surface area contributed by atoms with Gasteiger partial charge in [0.2, 0.25) is 0 Å². The molecule has 2 aliphatic heterocycles. The van der Waals surface area contributed by atoms with Crippen LogP contribution in [0.15, 0.2) is 60.9 Å². The summed E-state index contributed by atoms with van der Waals surface area (Å²) in [6.45, 7) is 3.27. The molecule has 2 saturated heterocycles. The van der Waals surface area contributed by atoms with Crippen molar-refractivity contribution in [3.63, 3.8) is 0 Å². The molecular formula is C38H41ClF2N10O2. The second kappa shape index (κ2) is 15.8. The summed E-state index contributed by atoms with van der Waals surface area (Å²) in [6.07, 6.45) is 11.7. The molecular weight excluding hydrogens is 702 g/mol. The topological polar surface area (TPSA) is 144 Å². The number of benzene rings is 2. The molecule has 53 heavy (non-hydrogen) atoms. The first kappa shape index (κ1) is 35.4. The van der Waals surface area contributed by atoms with E-state index in [-0.39, 0.29) is 11.6 Å². The van der Waals surface area contributed by atoms with Crippen LogP contribution in [0.3, 0.4) is 0 Å². The molecule has 0 spiro atoms. The molecule has 2 aliphatic carbocycles. The van der Waals surface area contributed by atoms with E-state index in [0.717, 1.165) is 128 Å². The molecule has 2 saturated carbocycles. The molecule has 6 heterocycles. The zero-order chi connectivity index (χ0) is 36.3. The zero-order valence-corrected chi connectivity index (χ0v) is 29.9. The van der Waals surface area contributed by atoms with Crippen molar-refractivity contribution < 1.29 is 18.3 Å². The average molecular weight is 743 g/mol. The van der Waals surface area contributed by atoms with Gasteiger partial charge in [0, 0.05) is 61.7 Å². The fourth-order valence-corrected chi connectivity index (χ4v) is 6.89. The Morgan fingerprint density at radius 2 is 1.17 bits per heavy atom. The quantitative estimate of drug-likeness (QED) is 0.178. The van der Waals surface area contributed by atoms with E-state index >= 15 is 0 Å². The number of halogens is 3. The van der Waals surface area contributed by atoms with Crippen LogP contribution in [0.2, 0.25) is 5.15 Å². The first-order chi connectivity index (χ1) is 25.9. The Morgan fingerprint density at radius 3 is 1.66 bits per heavy atom. The average Bonchev–Trinajstić information content (AvgIpc) is 4.12. The number of ether oxygens (including phenoxy) is 2. The van der Waals surface area contributed by atoms with Crippen molar-refractivity contribution >= 4 is 39.5 Å². The van der Waals surface area contributed by atoms with Crippen LogP contribution < -0.4 is 11.1 Å². The summed E-state index contributed by atoms with van der Waals surface area (Å²) in [6, 6.07) is 14.7. The van der Waals surface area contributed by atoms with Gasteiger partial charge in [-0.25, -0.2) is 18.7 Å². The summed E-state index contributed by atoms with van der Waals surface area (Å²) in [5, 5.41) is 19.8. The first-order valence-electron chi connectivity index (χ1n) is 18.2. The number of hydrogen-bond donors (Lipinski definition) is 2. The lowest BCUT2D eigenvalue weighted by molar-refractivity contribution is 0.0866.